The molecule has 134 valence electrons. The van der Waals surface area contributed by atoms with Crippen molar-refractivity contribution in [3.63, 3.8) is 0 Å². The standard InChI is InChI=1S/C17H18F2N2O3S/c1-12(13-6-4-3-5-7-13)20-17(22)11-21(25(2,23)24)16-9-8-14(18)10-15(16)19/h3-10,12H,11H2,1-2H3,(H,20,22)/t12-/m0/s1. The molecule has 0 spiro atoms. The number of nitrogens with zero attached hydrogens (tertiary/aromatic N) is 1. The highest BCUT2D eigenvalue weighted by Gasteiger charge is 2.24. The molecule has 0 saturated carbocycles. The third-order valence-electron chi connectivity index (χ3n) is 3.54. The van der Waals surface area contributed by atoms with E-state index in [1.165, 1.54) is 0 Å². The number of rotatable bonds is 6. The Balaban J connectivity index is 2.19. The van der Waals surface area contributed by atoms with Crippen LogP contribution in [0.5, 0.6) is 0 Å². The van der Waals surface area contributed by atoms with Crippen molar-refractivity contribution in [1.82, 2.24) is 5.32 Å². The van der Waals surface area contributed by atoms with Crippen molar-refractivity contribution in [3.8, 4) is 0 Å². The lowest BCUT2D eigenvalue weighted by Crippen LogP contribution is -2.41. The summed E-state index contributed by atoms with van der Waals surface area (Å²) < 4.78 is 51.5. The van der Waals surface area contributed by atoms with E-state index in [9.17, 15) is 22.0 Å². The van der Waals surface area contributed by atoms with Crippen LogP contribution >= 0.6 is 0 Å². The van der Waals surface area contributed by atoms with Gasteiger partial charge in [0.05, 0.1) is 18.0 Å². The quantitative estimate of drug-likeness (QED) is 0.852. The molecule has 1 atom stereocenters. The second kappa shape index (κ2) is 7.60. The second-order valence-corrected chi connectivity index (χ2v) is 7.47. The molecule has 0 fully saturated rings. The minimum absolute atomic E-state index is 0.354. The lowest BCUT2D eigenvalue weighted by Gasteiger charge is -2.23. The van der Waals surface area contributed by atoms with Crippen molar-refractivity contribution in [2.75, 3.05) is 17.1 Å². The van der Waals surface area contributed by atoms with Crippen LogP contribution in [0.1, 0.15) is 18.5 Å². The molecular weight excluding hydrogens is 350 g/mol. The minimum atomic E-state index is -3.94. The Hall–Kier alpha value is -2.48. The molecule has 0 aliphatic rings. The van der Waals surface area contributed by atoms with Gasteiger partial charge in [-0.2, -0.15) is 0 Å². The third-order valence-corrected chi connectivity index (χ3v) is 4.67. The maximum Gasteiger partial charge on any atom is 0.241 e. The lowest BCUT2D eigenvalue weighted by molar-refractivity contribution is -0.120. The molecule has 0 unspecified atom stereocenters. The van der Waals surface area contributed by atoms with Gasteiger partial charge in [-0.3, -0.25) is 9.10 Å². The van der Waals surface area contributed by atoms with Gasteiger partial charge in [0.15, 0.2) is 0 Å². The summed E-state index contributed by atoms with van der Waals surface area (Å²) in [6.45, 7) is 1.13. The summed E-state index contributed by atoms with van der Waals surface area (Å²) in [7, 11) is -3.94. The van der Waals surface area contributed by atoms with Gasteiger partial charge in [0, 0.05) is 6.07 Å². The normalized spacial score (nSPS) is 12.5. The highest BCUT2D eigenvalue weighted by molar-refractivity contribution is 7.92. The molecule has 8 heteroatoms. The maximum atomic E-state index is 13.9. The van der Waals surface area contributed by atoms with E-state index in [-0.39, 0.29) is 11.7 Å². The van der Waals surface area contributed by atoms with Gasteiger partial charge in [0.1, 0.15) is 18.2 Å². The highest BCUT2D eigenvalue weighted by atomic mass is 32.2. The molecule has 0 aliphatic carbocycles. The first-order valence-electron chi connectivity index (χ1n) is 7.45. The zero-order valence-corrected chi connectivity index (χ0v) is 14.6. The van der Waals surface area contributed by atoms with Gasteiger partial charge >= 0.3 is 0 Å². The molecule has 0 heterocycles. The summed E-state index contributed by atoms with van der Waals surface area (Å²) in [5.41, 5.74) is 0.459. The molecule has 5 nitrogen and oxygen atoms in total. The van der Waals surface area contributed by atoms with Crippen LogP contribution in [0, 0.1) is 11.6 Å². The summed E-state index contributed by atoms with van der Waals surface area (Å²) in [4.78, 5) is 12.2. The van der Waals surface area contributed by atoms with E-state index >= 15 is 0 Å². The van der Waals surface area contributed by atoms with Gasteiger partial charge in [-0.25, -0.2) is 17.2 Å². The average molecular weight is 368 g/mol. The monoisotopic (exact) mass is 368 g/mol. The fourth-order valence-corrected chi connectivity index (χ4v) is 3.16. The first-order valence-corrected chi connectivity index (χ1v) is 9.30. The van der Waals surface area contributed by atoms with E-state index < -0.39 is 34.1 Å². The maximum absolute atomic E-state index is 13.9. The van der Waals surface area contributed by atoms with Gasteiger partial charge in [0.2, 0.25) is 15.9 Å². The van der Waals surface area contributed by atoms with Gasteiger partial charge in [-0.1, -0.05) is 30.3 Å². The number of amides is 1. The molecular formula is C17H18F2N2O3S. The van der Waals surface area contributed by atoms with E-state index in [0.29, 0.717) is 10.4 Å². The Bertz CT molecular complexity index is 857. The Morgan fingerprint density at radius 3 is 2.36 bits per heavy atom. The zero-order chi connectivity index (χ0) is 18.6. The molecule has 2 aromatic carbocycles. The molecule has 0 radical (unpaired) electrons. The number of carbonyl (C=O) groups excluding carboxylic acids is 1. The average Bonchev–Trinajstić information content (AvgIpc) is 2.53. The van der Waals surface area contributed by atoms with E-state index in [0.717, 1.165) is 24.0 Å². The Morgan fingerprint density at radius 2 is 1.80 bits per heavy atom. The van der Waals surface area contributed by atoms with E-state index in [1.54, 1.807) is 6.92 Å². The zero-order valence-electron chi connectivity index (χ0n) is 13.7. The van der Waals surface area contributed by atoms with Gasteiger partial charge in [0.25, 0.3) is 0 Å². The molecule has 0 bridgehead atoms. The first kappa shape index (κ1) is 18.9. The number of carbonyl (C=O) groups is 1. The lowest BCUT2D eigenvalue weighted by atomic mass is 10.1. The van der Waals surface area contributed by atoms with Gasteiger partial charge in [-0.05, 0) is 24.6 Å². The summed E-state index contributed by atoms with van der Waals surface area (Å²) in [6.07, 6.45) is 0.851. The predicted molar refractivity (Wildman–Crippen MR) is 91.5 cm³/mol. The first-order chi connectivity index (χ1) is 11.7. The number of hydrogen-bond donors (Lipinski definition) is 1. The number of hydrogen-bond acceptors (Lipinski definition) is 3. The van der Waals surface area contributed by atoms with Crippen LogP contribution in [0.4, 0.5) is 14.5 Å². The SMILES string of the molecule is C[C@H](NC(=O)CN(c1ccc(F)cc1F)S(C)(=O)=O)c1ccccc1. The van der Waals surface area contributed by atoms with Crippen molar-refractivity contribution in [2.45, 2.75) is 13.0 Å². The molecule has 0 aromatic heterocycles. The molecule has 1 amide bonds. The van der Waals surface area contributed by atoms with Crippen molar-refractivity contribution < 1.29 is 22.0 Å². The number of sulfonamides is 1. The Kier molecular flexibility index (Phi) is 5.73. The van der Waals surface area contributed by atoms with Crippen molar-refractivity contribution in [2.24, 2.45) is 0 Å². The molecule has 0 aliphatic heterocycles. The Labute approximate surface area is 145 Å². The largest absolute Gasteiger partial charge is 0.348 e. The van der Waals surface area contributed by atoms with Crippen molar-refractivity contribution >= 4 is 21.6 Å². The van der Waals surface area contributed by atoms with Crippen LogP contribution < -0.4 is 9.62 Å². The van der Waals surface area contributed by atoms with Crippen molar-refractivity contribution in [1.29, 1.82) is 0 Å². The fourth-order valence-electron chi connectivity index (χ4n) is 2.31. The van der Waals surface area contributed by atoms with Crippen LogP contribution in [0.15, 0.2) is 48.5 Å². The summed E-state index contributed by atoms with van der Waals surface area (Å²) >= 11 is 0. The number of anilines is 1. The molecule has 2 rings (SSSR count). The minimum Gasteiger partial charge on any atom is -0.348 e. The highest BCUT2D eigenvalue weighted by Crippen LogP contribution is 2.22. The van der Waals surface area contributed by atoms with Crippen LogP contribution in [0.3, 0.4) is 0 Å². The fraction of sp³-hybridized carbons (Fsp3) is 0.235. The van der Waals surface area contributed by atoms with E-state index in [4.69, 9.17) is 0 Å². The summed E-state index contributed by atoms with van der Waals surface area (Å²) in [5.74, 6) is -2.50. The second-order valence-electron chi connectivity index (χ2n) is 5.57. The molecule has 1 N–H and O–H groups in total. The number of nitrogens with one attached hydrogen (secondary N) is 1. The van der Waals surface area contributed by atoms with Crippen LogP contribution in [-0.2, 0) is 14.8 Å². The smallest absolute Gasteiger partial charge is 0.241 e. The van der Waals surface area contributed by atoms with E-state index in [2.05, 4.69) is 5.32 Å². The summed E-state index contributed by atoms with van der Waals surface area (Å²) in [5, 5.41) is 2.66. The van der Waals surface area contributed by atoms with Gasteiger partial charge in [-0.15, -0.1) is 0 Å². The topological polar surface area (TPSA) is 66.5 Å². The van der Waals surface area contributed by atoms with Crippen molar-refractivity contribution in [3.05, 3.63) is 65.7 Å². The molecule has 2 aromatic rings. The van der Waals surface area contributed by atoms with Crippen LogP contribution in [-0.4, -0.2) is 27.1 Å². The van der Waals surface area contributed by atoms with Crippen LogP contribution in [0.2, 0.25) is 0 Å². The summed E-state index contributed by atoms with van der Waals surface area (Å²) in [6, 6.07) is 11.2. The predicted octanol–water partition coefficient (Wildman–Crippen LogP) is 2.61. The number of benzene rings is 2. The third kappa shape index (κ3) is 4.99. The van der Waals surface area contributed by atoms with Crippen LogP contribution in [0.25, 0.3) is 0 Å². The Morgan fingerprint density at radius 1 is 1.16 bits per heavy atom. The number of halogens is 2. The van der Waals surface area contributed by atoms with Gasteiger partial charge < -0.3 is 5.32 Å². The molecule has 25 heavy (non-hydrogen) atoms. The molecule has 0 saturated heterocycles. The van der Waals surface area contributed by atoms with E-state index in [1.807, 2.05) is 30.3 Å².